The van der Waals surface area contributed by atoms with E-state index in [1.165, 1.54) is 38.0 Å². The standard InChI is InChI=1S/C14H22N2/c1-12(2)11-16-10-6-4-8-14(16)13-7-3-5-9-15-13/h3,5,7,9,12,14H,4,6,8,10-11H2,1-2H3/t14-/m0/s1. The molecule has 2 nitrogen and oxygen atoms in total. The molecule has 2 rings (SSSR count). The summed E-state index contributed by atoms with van der Waals surface area (Å²) in [5, 5.41) is 0. The average molecular weight is 218 g/mol. The fourth-order valence-electron chi connectivity index (χ4n) is 2.59. The van der Waals surface area contributed by atoms with Crippen molar-refractivity contribution in [3.63, 3.8) is 0 Å². The fourth-order valence-corrected chi connectivity index (χ4v) is 2.59. The van der Waals surface area contributed by atoms with E-state index in [2.05, 4.69) is 35.9 Å². The van der Waals surface area contributed by atoms with Crippen molar-refractivity contribution < 1.29 is 0 Å². The lowest BCUT2D eigenvalue weighted by Crippen LogP contribution is -2.36. The van der Waals surface area contributed by atoms with E-state index in [1.807, 2.05) is 12.3 Å². The largest absolute Gasteiger partial charge is 0.295 e. The van der Waals surface area contributed by atoms with E-state index >= 15 is 0 Å². The first-order valence-electron chi connectivity index (χ1n) is 6.42. The maximum Gasteiger partial charge on any atom is 0.0575 e. The highest BCUT2D eigenvalue weighted by molar-refractivity contribution is 5.09. The molecule has 0 radical (unpaired) electrons. The Morgan fingerprint density at radius 1 is 1.38 bits per heavy atom. The highest BCUT2D eigenvalue weighted by Crippen LogP contribution is 2.29. The molecule has 1 aliphatic rings. The van der Waals surface area contributed by atoms with Crippen molar-refractivity contribution in [3.8, 4) is 0 Å². The Morgan fingerprint density at radius 3 is 2.94 bits per heavy atom. The van der Waals surface area contributed by atoms with Crippen LogP contribution in [0.3, 0.4) is 0 Å². The molecule has 1 fully saturated rings. The smallest absolute Gasteiger partial charge is 0.0575 e. The predicted octanol–water partition coefficient (Wildman–Crippen LogP) is 3.26. The van der Waals surface area contributed by atoms with Gasteiger partial charge in [0.05, 0.1) is 11.7 Å². The first kappa shape index (κ1) is 11.6. The lowest BCUT2D eigenvalue weighted by molar-refractivity contribution is 0.129. The van der Waals surface area contributed by atoms with Crippen LogP contribution in [0, 0.1) is 5.92 Å². The Balaban J connectivity index is 2.10. The van der Waals surface area contributed by atoms with Crippen LogP contribution in [0.4, 0.5) is 0 Å². The van der Waals surface area contributed by atoms with Crippen molar-refractivity contribution in [3.05, 3.63) is 30.1 Å². The van der Waals surface area contributed by atoms with Crippen LogP contribution in [-0.4, -0.2) is 23.0 Å². The number of likely N-dealkylation sites (tertiary alicyclic amines) is 1. The van der Waals surface area contributed by atoms with Gasteiger partial charge >= 0.3 is 0 Å². The molecule has 2 heterocycles. The quantitative estimate of drug-likeness (QED) is 0.774. The minimum Gasteiger partial charge on any atom is -0.295 e. The number of piperidine rings is 1. The van der Waals surface area contributed by atoms with Gasteiger partial charge in [-0.25, -0.2) is 0 Å². The Morgan fingerprint density at radius 2 is 2.25 bits per heavy atom. The third-order valence-corrected chi connectivity index (χ3v) is 3.24. The molecule has 0 unspecified atom stereocenters. The van der Waals surface area contributed by atoms with Crippen molar-refractivity contribution in [1.82, 2.24) is 9.88 Å². The fraction of sp³-hybridized carbons (Fsp3) is 0.643. The maximum atomic E-state index is 4.52. The summed E-state index contributed by atoms with van der Waals surface area (Å²) in [7, 11) is 0. The van der Waals surface area contributed by atoms with Gasteiger partial charge in [0.25, 0.3) is 0 Å². The van der Waals surface area contributed by atoms with Gasteiger partial charge in [-0.1, -0.05) is 26.3 Å². The van der Waals surface area contributed by atoms with Gasteiger partial charge in [-0.2, -0.15) is 0 Å². The van der Waals surface area contributed by atoms with Crippen LogP contribution in [0.5, 0.6) is 0 Å². The zero-order valence-corrected chi connectivity index (χ0v) is 10.4. The zero-order valence-electron chi connectivity index (χ0n) is 10.4. The van der Waals surface area contributed by atoms with Gasteiger partial charge in [-0.05, 0) is 37.4 Å². The van der Waals surface area contributed by atoms with E-state index in [4.69, 9.17) is 0 Å². The topological polar surface area (TPSA) is 16.1 Å². The van der Waals surface area contributed by atoms with Gasteiger partial charge in [0, 0.05) is 12.7 Å². The zero-order chi connectivity index (χ0) is 11.4. The number of pyridine rings is 1. The molecule has 0 N–H and O–H groups in total. The summed E-state index contributed by atoms with van der Waals surface area (Å²) in [6.45, 7) is 7.02. The first-order chi connectivity index (χ1) is 7.77. The van der Waals surface area contributed by atoms with Crippen molar-refractivity contribution >= 4 is 0 Å². The highest BCUT2D eigenvalue weighted by Gasteiger charge is 2.24. The predicted molar refractivity (Wildman–Crippen MR) is 67.2 cm³/mol. The van der Waals surface area contributed by atoms with Crippen LogP contribution >= 0.6 is 0 Å². The molecular formula is C14H22N2. The summed E-state index contributed by atoms with van der Waals surface area (Å²) in [5.41, 5.74) is 1.25. The maximum absolute atomic E-state index is 4.52. The van der Waals surface area contributed by atoms with Crippen molar-refractivity contribution in [1.29, 1.82) is 0 Å². The molecule has 0 bridgehead atoms. The van der Waals surface area contributed by atoms with E-state index in [0.29, 0.717) is 6.04 Å². The van der Waals surface area contributed by atoms with E-state index in [9.17, 15) is 0 Å². The lowest BCUT2D eigenvalue weighted by atomic mass is 9.97. The normalized spacial score (nSPS) is 22.6. The molecule has 0 aromatic carbocycles. The minimum atomic E-state index is 0.553. The Bertz CT molecular complexity index is 308. The first-order valence-corrected chi connectivity index (χ1v) is 6.42. The number of nitrogens with zero attached hydrogens (tertiary/aromatic N) is 2. The molecule has 0 aliphatic carbocycles. The van der Waals surface area contributed by atoms with Gasteiger partial charge in [-0.3, -0.25) is 9.88 Å². The SMILES string of the molecule is CC(C)CN1CCCC[C@H]1c1ccccn1. The van der Waals surface area contributed by atoms with Crippen molar-refractivity contribution in [2.75, 3.05) is 13.1 Å². The molecule has 16 heavy (non-hydrogen) atoms. The van der Waals surface area contributed by atoms with E-state index in [0.717, 1.165) is 5.92 Å². The van der Waals surface area contributed by atoms with Gasteiger partial charge < -0.3 is 0 Å². The van der Waals surface area contributed by atoms with Crippen LogP contribution in [0.2, 0.25) is 0 Å². The van der Waals surface area contributed by atoms with Crippen LogP contribution in [0.1, 0.15) is 44.8 Å². The molecular weight excluding hydrogens is 196 g/mol. The lowest BCUT2D eigenvalue weighted by Gasteiger charge is -2.36. The molecule has 2 heteroatoms. The molecule has 0 saturated carbocycles. The molecule has 0 amide bonds. The molecule has 88 valence electrons. The monoisotopic (exact) mass is 218 g/mol. The van der Waals surface area contributed by atoms with Crippen molar-refractivity contribution in [2.24, 2.45) is 5.92 Å². The van der Waals surface area contributed by atoms with Gasteiger partial charge in [0.15, 0.2) is 0 Å². The molecule has 1 atom stereocenters. The summed E-state index contributed by atoms with van der Waals surface area (Å²) in [4.78, 5) is 7.13. The van der Waals surface area contributed by atoms with E-state index in [1.54, 1.807) is 0 Å². The molecule has 1 saturated heterocycles. The van der Waals surface area contributed by atoms with Gasteiger partial charge in [0.1, 0.15) is 0 Å². The molecule has 1 aliphatic heterocycles. The van der Waals surface area contributed by atoms with Gasteiger partial charge in [-0.15, -0.1) is 0 Å². The number of hydrogen-bond donors (Lipinski definition) is 0. The summed E-state index contributed by atoms with van der Waals surface area (Å²) in [6, 6.07) is 6.82. The minimum absolute atomic E-state index is 0.553. The van der Waals surface area contributed by atoms with Crippen LogP contribution < -0.4 is 0 Å². The molecule has 1 aromatic rings. The summed E-state index contributed by atoms with van der Waals surface area (Å²) in [6.07, 6.45) is 5.87. The average Bonchev–Trinajstić information content (AvgIpc) is 2.30. The van der Waals surface area contributed by atoms with Crippen molar-refractivity contribution in [2.45, 2.75) is 39.2 Å². The van der Waals surface area contributed by atoms with Crippen LogP contribution in [-0.2, 0) is 0 Å². The number of hydrogen-bond acceptors (Lipinski definition) is 2. The number of aromatic nitrogens is 1. The second-order valence-electron chi connectivity index (χ2n) is 5.15. The second kappa shape index (κ2) is 5.44. The number of rotatable bonds is 3. The van der Waals surface area contributed by atoms with Crippen LogP contribution in [0.15, 0.2) is 24.4 Å². The van der Waals surface area contributed by atoms with Gasteiger partial charge in [0.2, 0.25) is 0 Å². The Kier molecular flexibility index (Phi) is 3.94. The second-order valence-corrected chi connectivity index (χ2v) is 5.15. The summed E-state index contributed by atoms with van der Waals surface area (Å²) in [5.74, 6) is 0.740. The van der Waals surface area contributed by atoms with Crippen LogP contribution in [0.25, 0.3) is 0 Å². The third-order valence-electron chi connectivity index (χ3n) is 3.24. The third kappa shape index (κ3) is 2.82. The Hall–Kier alpha value is -0.890. The van der Waals surface area contributed by atoms with E-state index < -0.39 is 0 Å². The van der Waals surface area contributed by atoms with E-state index in [-0.39, 0.29) is 0 Å². The Labute approximate surface area is 98.7 Å². The highest BCUT2D eigenvalue weighted by atomic mass is 15.2. The summed E-state index contributed by atoms with van der Waals surface area (Å²) < 4.78 is 0. The molecule has 1 aromatic heterocycles. The molecule has 0 spiro atoms. The summed E-state index contributed by atoms with van der Waals surface area (Å²) >= 11 is 0.